The van der Waals surface area contributed by atoms with E-state index in [0.717, 1.165) is 83.3 Å². The molecule has 3 heterocycles. The third-order valence-electron chi connectivity index (χ3n) is 10.4. The van der Waals surface area contributed by atoms with E-state index in [1.807, 2.05) is 18.2 Å². The van der Waals surface area contributed by atoms with Crippen LogP contribution >= 0.6 is 0 Å². The van der Waals surface area contributed by atoms with Crippen LogP contribution < -0.4 is 4.90 Å². The molecular formula is C48H30N2O2. The first kappa shape index (κ1) is 28.8. The van der Waals surface area contributed by atoms with E-state index < -0.39 is 0 Å². The van der Waals surface area contributed by atoms with Crippen molar-refractivity contribution in [3.63, 3.8) is 0 Å². The third-order valence-corrected chi connectivity index (χ3v) is 10.4. The number of nitrogens with zero attached hydrogens (tertiary/aromatic N) is 2. The second kappa shape index (κ2) is 11.2. The minimum atomic E-state index is 0.845. The molecule has 0 saturated carbocycles. The van der Waals surface area contributed by atoms with Crippen molar-refractivity contribution in [2.24, 2.45) is 0 Å². The molecule has 244 valence electrons. The molecule has 0 aliphatic heterocycles. The summed E-state index contributed by atoms with van der Waals surface area (Å²) in [6.07, 6.45) is 0. The zero-order chi connectivity index (χ0) is 34.2. The van der Waals surface area contributed by atoms with Crippen molar-refractivity contribution in [3.8, 4) is 16.8 Å². The molecule has 11 aromatic rings. The van der Waals surface area contributed by atoms with Gasteiger partial charge in [0.2, 0.25) is 0 Å². The standard InChI is InChI=1S/C48H30N2O2/c1-3-13-31(14-4-1)35-27-28-42(47-40-19-9-12-22-45(40)52-48(35)47)49(34-24-26-39-38-18-8-11-21-44(38)51-46(39)30-34)33-23-25-37-36-17-7-10-20-41(36)50(43(37)29-33)32-15-5-2-6-16-32/h1-30H. The highest BCUT2D eigenvalue weighted by atomic mass is 16.3. The van der Waals surface area contributed by atoms with Crippen molar-refractivity contribution in [2.45, 2.75) is 0 Å². The smallest absolute Gasteiger partial charge is 0.145 e. The van der Waals surface area contributed by atoms with Gasteiger partial charge in [-0.3, -0.25) is 0 Å². The van der Waals surface area contributed by atoms with Crippen LogP contribution in [0.2, 0.25) is 0 Å². The van der Waals surface area contributed by atoms with Crippen molar-refractivity contribution in [2.75, 3.05) is 4.90 Å². The van der Waals surface area contributed by atoms with Crippen molar-refractivity contribution in [1.29, 1.82) is 0 Å². The highest BCUT2D eigenvalue weighted by molar-refractivity contribution is 6.18. The molecule has 0 atom stereocenters. The van der Waals surface area contributed by atoms with E-state index in [4.69, 9.17) is 8.83 Å². The highest BCUT2D eigenvalue weighted by Crippen LogP contribution is 2.48. The number of fused-ring (bicyclic) bond motifs is 9. The van der Waals surface area contributed by atoms with Gasteiger partial charge in [-0.1, -0.05) is 109 Å². The number of benzene rings is 8. The first-order chi connectivity index (χ1) is 25.8. The summed E-state index contributed by atoms with van der Waals surface area (Å²) < 4.78 is 15.6. The Labute approximate surface area is 299 Å². The van der Waals surface area contributed by atoms with Gasteiger partial charge >= 0.3 is 0 Å². The molecule has 4 nitrogen and oxygen atoms in total. The van der Waals surface area contributed by atoms with E-state index in [9.17, 15) is 0 Å². The van der Waals surface area contributed by atoms with Crippen LogP contribution in [0, 0.1) is 0 Å². The Morgan fingerprint density at radius 3 is 1.81 bits per heavy atom. The number of anilines is 3. The molecule has 0 unspecified atom stereocenters. The fraction of sp³-hybridized carbons (Fsp3) is 0. The second-order valence-electron chi connectivity index (χ2n) is 13.3. The molecule has 0 amide bonds. The first-order valence-corrected chi connectivity index (χ1v) is 17.6. The second-order valence-corrected chi connectivity index (χ2v) is 13.3. The summed E-state index contributed by atoms with van der Waals surface area (Å²) in [5.74, 6) is 0. The maximum absolute atomic E-state index is 6.75. The molecule has 4 heteroatoms. The van der Waals surface area contributed by atoms with E-state index in [-0.39, 0.29) is 0 Å². The number of hydrogen-bond acceptors (Lipinski definition) is 3. The van der Waals surface area contributed by atoms with Gasteiger partial charge in [0.1, 0.15) is 22.3 Å². The van der Waals surface area contributed by atoms with Crippen LogP contribution in [0.4, 0.5) is 17.1 Å². The van der Waals surface area contributed by atoms with E-state index >= 15 is 0 Å². The summed E-state index contributed by atoms with van der Waals surface area (Å²) in [6.45, 7) is 0. The number of hydrogen-bond donors (Lipinski definition) is 0. The number of furan rings is 2. The lowest BCUT2D eigenvalue weighted by Gasteiger charge is -2.27. The molecule has 0 aliphatic rings. The van der Waals surface area contributed by atoms with Crippen molar-refractivity contribution < 1.29 is 8.83 Å². The molecule has 0 saturated heterocycles. The SMILES string of the molecule is c1ccc(-c2ccc(N(c3ccc4c(c3)oc3ccccc34)c3ccc4c5ccccc5n(-c5ccccc5)c4c3)c3c2oc2ccccc23)cc1. The molecule has 3 aromatic heterocycles. The quantitative estimate of drug-likeness (QED) is 0.183. The van der Waals surface area contributed by atoms with Gasteiger partial charge < -0.3 is 18.3 Å². The van der Waals surface area contributed by atoms with Gasteiger partial charge in [0.25, 0.3) is 0 Å². The highest BCUT2D eigenvalue weighted by Gasteiger charge is 2.24. The van der Waals surface area contributed by atoms with Crippen molar-refractivity contribution >= 4 is 82.7 Å². The van der Waals surface area contributed by atoms with Crippen LogP contribution in [0.3, 0.4) is 0 Å². The minimum Gasteiger partial charge on any atom is -0.456 e. The van der Waals surface area contributed by atoms with Crippen LogP contribution in [0.25, 0.3) is 82.5 Å². The van der Waals surface area contributed by atoms with Gasteiger partial charge in [-0.15, -0.1) is 0 Å². The molecule has 11 rings (SSSR count). The zero-order valence-corrected chi connectivity index (χ0v) is 28.0. The Balaban J connectivity index is 1.23. The van der Waals surface area contributed by atoms with Gasteiger partial charge in [-0.2, -0.15) is 0 Å². The summed E-state index contributed by atoms with van der Waals surface area (Å²) in [4.78, 5) is 2.36. The maximum atomic E-state index is 6.75. The van der Waals surface area contributed by atoms with Crippen LogP contribution in [0.15, 0.2) is 191 Å². The Bertz CT molecular complexity index is 3130. The molecule has 0 aliphatic carbocycles. The fourth-order valence-electron chi connectivity index (χ4n) is 8.08. The van der Waals surface area contributed by atoms with Crippen molar-refractivity contribution in [1.82, 2.24) is 4.57 Å². The van der Waals surface area contributed by atoms with E-state index in [0.29, 0.717) is 0 Å². The summed E-state index contributed by atoms with van der Waals surface area (Å²) in [7, 11) is 0. The summed E-state index contributed by atoms with van der Waals surface area (Å²) in [5, 5.41) is 6.76. The molecule has 8 aromatic carbocycles. The topological polar surface area (TPSA) is 34.5 Å². The van der Waals surface area contributed by atoms with Gasteiger partial charge in [-0.05, 0) is 72.3 Å². The Kier molecular flexibility index (Phi) is 6.22. The molecule has 0 spiro atoms. The fourth-order valence-corrected chi connectivity index (χ4v) is 8.08. The Morgan fingerprint density at radius 1 is 0.404 bits per heavy atom. The Morgan fingerprint density at radius 2 is 1.00 bits per heavy atom. The van der Waals surface area contributed by atoms with Gasteiger partial charge in [0.15, 0.2) is 0 Å². The third kappa shape index (κ3) is 4.28. The van der Waals surface area contributed by atoms with E-state index in [1.165, 1.54) is 16.3 Å². The molecule has 52 heavy (non-hydrogen) atoms. The van der Waals surface area contributed by atoms with Gasteiger partial charge in [0.05, 0.1) is 22.1 Å². The average Bonchev–Trinajstić information content (AvgIpc) is 3.88. The monoisotopic (exact) mass is 666 g/mol. The average molecular weight is 667 g/mol. The lowest BCUT2D eigenvalue weighted by molar-refractivity contribution is 0.669. The first-order valence-electron chi connectivity index (χ1n) is 17.6. The summed E-state index contributed by atoms with van der Waals surface area (Å²) in [5.41, 5.74) is 12.1. The van der Waals surface area contributed by atoms with E-state index in [1.54, 1.807) is 0 Å². The van der Waals surface area contributed by atoms with Crippen LogP contribution in [0.1, 0.15) is 0 Å². The summed E-state index contributed by atoms with van der Waals surface area (Å²) in [6, 6.07) is 64.2. The minimum absolute atomic E-state index is 0.845. The van der Waals surface area contributed by atoms with Crippen LogP contribution in [-0.2, 0) is 0 Å². The van der Waals surface area contributed by atoms with Crippen LogP contribution in [0.5, 0.6) is 0 Å². The number of rotatable bonds is 5. The largest absolute Gasteiger partial charge is 0.456 e. The molecule has 0 radical (unpaired) electrons. The summed E-state index contributed by atoms with van der Waals surface area (Å²) >= 11 is 0. The molecular weight excluding hydrogens is 637 g/mol. The van der Waals surface area contributed by atoms with Crippen LogP contribution in [-0.4, -0.2) is 4.57 Å². The lowest BCUT2D eigenvalue weighted by Crippen LogP contribution is -2.10. The van der Waals surface area contributed by atoms with E-state index in [2.05, 4.69) is 173 Å². The van der Waals surface area contributed by atoms with Gasteiger partial charge in [-0.25, -0.2) is 0 Å². The van der Waals surface area contributed by atoms with Crippen molar-refractivity contribution in [3.05, 3.63) is 182 Å². The predicted octanol–water partition coefficient (Wildman–Crippen LogP) is 13.7. The number of para-hydroxylation sites is 4. The molecule has 0 bridgehead atoms. The zero-order valence-electron chi connectivity index (χ0n) is 28.0. The molecule has 0 N–H and O–H groups in total. The maximum Gasteiger partial charge on any atom is 0.145 e. The number of aromatic nitrogens is 1. The normalized spacial score (nSPS) is 11.8. The Hall–Kier alpha value is -7.04. The predicted molar refractivity (Wildman–Crippen MR) is 215 cm³/mol. The lowest BCUT2D eigenvalue weighted by atomic mass is 9.99. The van der Waals surface area contributed by atoms with Gasteiger partial charge in [0, 0.05) is 55.6 Å². The molecule has 0 fully saturated rings.